The van der Waals surface area contributed by atoms with E-state index < -0.39 is 0 Å². The molecule has 11 rings (SSSR count). The van der Waals surface area contributed by atoms with Crippen molar-refractivity contribution in [3.05, 3.63) is 199 Å². The van der Waals surface area contributed by atoms with Crippen LogP contribution >= 0.6 is 0 Å². The standard InChI is InChI=1S/C58H49BN2/c1-57(2,3)46-24-28-48(29-25-46)60-52-34-43-18-12-10-16-41(43)32-50(52)59-51-33-42-17-11-13-19-44(42)35-53(51)61(49-30-26-47(27-31-49)58(4,5)6)55-37-45(36-54(60)56(55)59)40-22-20-39(21-23-40)38-14-8-7-9-15-38/h7-37H,1-6H3. The highest BCUT2D eigenvalue weighted by atomic mass is 15.2. The van der Waals surface area contributed by atoms with Crippen LogP contribution in [0.5, 0.6) is 0 Å². The van der Waals surface area contributed by atoms with E-state index in [0.717, 1.165) is 11.4 Å². The fourth-order valence-electron chi connectivity index (χ4n) is 9.80. The first-order valence-corrected chi connectivity index (χ1v) is 21.7. The average molecular weight is 785 g/mol. The summed E-state index contributed by atoms with van der Waals surface area (Å²) in [7, 11) is 0. The normalized spacial score (nSPS) is 13.3. The molecule has 0 amide bonds. The first-order chi connectivity index (χ1) is 29.5. The van der Waals surface area contributed by atoms with Gasteiger partial charge in [-0.05, 0) is 131 Å². The van der Waals surface area contributed by atoms with Gasteiger partial charge in [0.2, 0.25) is 0 Å². The predicted molar refractivity (Wildman–Crippen MR) is 264 cm³/mol. The first-order valence-electron chi connectivity index (χ1n) is 21.7. The van der Waals surface area contributed by atoms with Crippen LogP contribution in [0.15, 0.2) is 188 Å². The fraction of sp³-hybridized carbons (Fsp3) is 0.138. The molecule has 0 N–H and O–H groups in total. The molecule has 0 saturated carbocycles. The van der Waals surface area contributed by atoms with Gasteiger partial charge in [0.25, 0.3) is 6.71 Å². The van der Waals surface area contributed by atoms with Crippen LogP contribution in [0.2, 0.25) is 0 Å². The van der Waals surface area contributed by atoms with Crippen molar-refractivity contribution in [3.63, 3.8) is 0 Å². The molecule has 0 aliphatic carbocycles. The molecule has 0 radical (unpaired) electrons. The molecule has 61 heavy (non-hydrogen) atoms. The van der Waals surface area contributed by atoms with Gasteiger partial charge in [-0.3, -0.25) is 0 Å². The molecule has 0 fully saturated rings. The van der Waals surface area contributed by atoms with E-state index in [-0.39, 0.29) is 17.5 Å². The maximum Gasteiger partial charge on any atom is 0.252 e. The molecule has 2 nitrogen and oxygen atoms in total. The molecule has 0 aromatic heterocycles. The van der Waals surface area contributed by atoms with E-state index in [1.165, 1.54) is 94.1 Å². The Kier molecular flexibility index (Phi) is 8.45. The zero-order valence-corrected chi connectivity index (χ0v) is 35.9. The van der Waals surface area contributed by atoms with Gasteiger partial charge in [0.15, 0.2) is 0 Å². The predicted octanol–water partition coefficient (Wildman–Crippen LogP) is 14.0. The summed E-state index contributed by atoms with van der Waals surface area (Å²) in [4.78, 5) is 5.11. The van der Waals surface area contributed by atoms with Crippen LogP contribution in [0.25, 0.3) is 43.8 Å². The molecule has 2 heterocycles. The Hall–Kier alpha value is -6.84. The third kappa shape index (κ3) is 6.26. The zero-order valence-electron chi connectivity index (χ0n) is 35.9. The SMILES string of the molecule is CC(C)(C)c1ccc(N2c3cc4ccccc4cc3B3c4cc5ccccc5cc4N(c4ccc(C(C)(C)C)cc4)c4cc(-c5ccc(-c6ccccc6)cc5)cc2c43)cc1. The lowest BCUT2D eigenvalue weighted by Gasteiger charge is -2.45. The molecule has 0 bridgehead atoms. The van der Waals surface area contributed by atoms with Crippen LogP contribution in [0, 0.1) is 0 Å². The average Bonchev–Trinajstić information content (AvgIpc) is 3.27. The van der Waals surface area contributed by atoms with E-state index in [4.69, 9.17) is 0 Å². The molecular weight excluding hydrogens is 735 g/mol. The monoisotopic (exact) mass is 784 g/mol. The van der Waals surface area contributed by atoms with E-state index in [9.17, 15) is 0 Å². The summed E-state index contributed by atoms with van der Waals surface area (Å²) in [5.74, 6) is 0. The highest BCUT2D eigenvalue weighted by molar-refractivity contribution is 7.00. The summed E-state index contributed by atoms with van der Waals surface area (Å²) < 4.78 is 0. The van der Waals surface area contributed by atoms with Gasteiger partial charge < -0.3 is 9.80 Å². The Morgan fingerprint density at radius 2 is 0.689 bits per heavy atom. The molecule has 294 valence electrons. The molecule has 0 spiro atoms. The number of hydrogen-bond donors (Lipinski definition) is 0. The van der Waals surface area contributed by atoms with E-state index in [1.807, 2.05) is 0 Å². The van der Waals surface area contributed by atoms with E-state index in [0.29, 0.717) is 0 Å². The van der Waals surface area contributed by atoms with Crippen molar-refractivity contribution >= 4 is 78.8 Å². The maximum absolute atomic E-state index is 2.55. The Morgan fingerprint density at radius 1 is 0.328 bits per heavy atom. The molecule has 0 unspecified atom stereocenters. The van der Waals surface area contributed by atoms with Crippen LogP contribution in [-0.2, 0) is 10.8 Å². The van der Waals surface area contributed by atoms with Crippen LogP contribution in [0.3, 0.4) is 0 Å². The van der Waals surface area contributed by atoms with Crippen molar-refractivity contribution in [2.24, 2.45) is 0 Å². The summed E-state index contributed by atoms with van der Waals surface area (Å²) in [6.45, 7) is 13.8. The van der Waals surface area contributed by atoms with Crippen molar-refractivity contribution < 1.29 is 0 Å². The van der Waals surface area contributed by atoms with Crippen molar-refractivity contribution in [1.29, 1.82) is 0 Å². The minimum absolute atomic E-state index is 0.00826. The van der Waals surface area contributed by atoms with Gasteiger partial charge >= 0.3 is 0 Å². The highest BCUT2D eigenvalue weighted by Crippen LogP contribution is 2.47. The summed E-state index contributed by atoms with van der Waals surface area (Å²) in [6, 6.07) is 70.9. The van der Waals surface area contributed by atoms with Crippen molar-refractivity contribution in [1.82, 2.24) is 0 Å². The highest BCUT2D eigenvalue weighted by Gasteiger charge is 2.44. The number of benzene rings is 9. The van der Waals surface area contributed by atoms with Gasteiger partial charge in [-0.25, -0.2) is 0 Å². The minimum atomic E-state index is 0.00826. The third-order valence-corrected chi connectivity index (χ3v) is 13.1. The Balaban J connectivity index is 1.23. The Labute approximate surface area is 360 Å². The smallest absolute Gasteiger partial charge is 0.252 e. The van der Waals surface area contributed by atoms with E-state index >= 15 is 0 Å². The lowest BCUT2D eigenvalue weighted by Crippen LogP contribution is -2.61. The number of fused-ring (bicyclic) bond motifs is 6. The summed E-state index contributed by atoms with van der Waals surface area (Å²) >= 11 is 0. The van der Waals surface area contributed by atoms with E-state index in [2.05, 4.69) is 239 Å². The molecular formula is C58H49BN2. The van der Waals surface area contributed by atoms with Gasteiger partial charge in [0.05, 0.1) is 0 Å². The van der Waals surface area contributed by atoms with Gasteiger partial charge in [-0.2, -0.15) is 0 Å². The fourth-order valence-corrected chi connectivity index (χ4v) is 9.80. The maximum atomic E-state index is 2.55. The largest absolute Gasteiger partial charge is 0.311 e. The number of rotatable bonds is 4. The van der Waals surface area contributed by atoms with Crippen molar-refractivity contribution in [2.45, 2.75) is 52.4 Å². The van der Waals surface area contributed by atoms with Crippen molar-refractivity contribution in [3.8, 4) is 22.3 Å². The van der Waals surface area contributed by atoms with Crippen LogP contribution in [-0.4, -0.2) is 6.71 Å². The van der Waals surface area contributed by atoms with Crippen LogP contribution in [0.1, 0.15) is 52.7 Å². The van der Waals surface area contributed by atoms with Crippen molar-refractivity contribution in [2.75, 3.05) is 9.80 Å². The zero-order chi connectivity index (χ0) is 41.6. The summed E-state index contributed by atoms with van der Waals surface area (Å²) in [6.07, 6.45) is 0. The van der Waals surface area contributed by atoms with Gasteiger partial charge in [-0.15, -0.1) is 0 Å². The molecule has 0 atom stereocenters. The second-order valence-corrected chi connectivity index (χ2v) is 19.1. The molecule has 2 aliphatic heterocycles. The molecule has 2 aliphatic rings. The number of nitrogens with zero attached hydrogens (tertiary/aromatic N) is 2. The summed E-state index contributed by atoms with van der Waals surface area (Å²) in [5.41, 5.74) is 18.7. The second-order valence-electron chi connectivity index (χ2n) is 19.1. The lowest BCUT2D eigenvalue weighted by atomic mass is 9.33. The molecule has 9 aromatic carbocycles. The quantitative estimate of drug-likeness (QED) is 0.164. The summed E-state index contributed by atoms with van der Waals surface area (Å²) in [5, 5.41) is 4.99. The number of anilines is 6. The van der Waals surface area contributed by atoms with Crippen LogP contribution < -0.4 is 26.2 Å². The van der Waals surface area contributed by atoms with Gasteiger partial charge in [0.1, 0.15) is 0 Å². The topological polar surface area (TPSA) is 6.48 Å². The van der Waals surface area contributed by atoms with E-state index in [1.54, 1.807) is 0 Å². The molecule has 9 aromatic rings. The first kappa shape index (κ1) is 37.2. The second kappa shape index (κ2) is 13.9. The van der Waals surface area contributed by atoms with Gasteiger partial charge in [0, 0.05) is 34.1 Å². The van der Waals surface area contributed by atoms with Crippen LogP contribution in [0.4, 0.5) is 34.1 Å². The molecule has 0 saturated heterocycles. The molecule has 3 heteroatoms. The third-order valence-electron chi connectivity index (χ3n) is 13.1. The lowest BCUT2D eigenvalue weighted by molar-refractivity contribution is 0.590. The Morgan fingerprint density at radius 3 is 1.10 bits per heavy atom. The number of hydrogen-bond acceptors (Lipinski definition) is 2. The minimum Gasteiger partial charge on any atom is -0.311 e. The van der Waals surface area contributed by atoms with Gasteiger partial charge in [-0.1, -0.05) is 181 Å². The Bertz CT molecular complexity index is 2960.